The normalized spacial score (nSPS) is 22.3. The molecule has 114 valence electrons. The van der Waals surface area contributed by atoms with E-state index < -0.39 is 5.97 Å². The van der Waals surface area contributed by atoms with Gasteiger partial charge in [-0.1, -0.05) is 25.7 Å². The molecule has 0 bridgehead atoms. The number of rotatable bonds is 4. The van der Waals surface area contributed by atoms with Crippen LogP contribution in [0.15, 0.2) is 0 Å². The summed E-state index contributed by atoms with van der Waals surface area (Å²) >= 11 is 0. The van der Waals surface area contributed by atoms with Crippen molar-refractivity contribution in [1.82, 2.24) is 10.2 Å². The zero-order chi connectivity index (χ0) is 14.4. The molecule has 20 heavy (non-hydrogen) atoms. The highest BCUT2D eigenvalue weighted by Gasteiger charge is 2.39. The van der Waals surface area contributed by atoms with Crippen LogP contribution in [0.4, 0.5) is 4.79 Å². The van der Waals surface area contributed by atoms with E-state index in [-0.39, 0.29) is 17.9 Å². The van der Waals surface area contributed by atoms with Crippen molar-refractivity contribution in [3.8, 4) is 0 Å². The molecule has 0 aromatic heterocycles. The summed E-state index contributed by atoms with van der Waals surface area (Å²) in [7, 11) is 0. The van der Waals surface area contributed by atoms with Crippen molar-refractivity contribution >= 4 is 12.0 Å². The fraction of sp³-hybridized carbons (Fsp3) is 0.867. The van der Waals surface area contributed by atoms with Crippen molar-refractivity contribution in [3.05, 3.63) is 0 Å². The topological polar surface area (TPSA) is 69.6 Å². The van der Waals surface area contributed by atoms with Gasteiger partial charge in [-0.15, -0.1) is 0 Å². The Morgan fingerprint density at radius 2 is 1.60 bits per heavy atom. The number of hydrogen-bond donors (Lipinski definition) is 2. The largest absolute Gasteiger partial charge is 0.481 e. The molecule has 0 aromatic carbocycles. The minimum Gasteiger partial charge on any atom is -0.481 e. The molecular formula is C15H26N2O3. The molecule has 1 saturated heterocycles. The Bertz CT molecular complexity index is 345. The summed E-state index contributed by atoms with van der Waals surface area (Å²) in [6, 6.07) is -0.0106. The van der Waals surface area contributed by atoms with Gasteiger partial charge in [0.2, 0.25) is 0 Å². The maximum Gasteiger partial charge on any atom is 0.317 e. The lowest BCUT2D eigenvalue weighted by Crippen LogP contribution is -2.48. The first-order valence-corrected chi connectivity index (χ1v) is 7.86. The van der Waals surface area contributed by atoms with Crippen LogP contribution in [0, 0.1) is 5.41 Å². The standard InChI is InChI=1S/C15H26N2O3/c18-13(19)11-15(7-6-8-15)12-16-14(20)17-9-4-2-1-3-5-10-17/h1-12H2,(H,16,20)(H,18,19). The fourth-order valence-corrected chi connectivity index (χ4v) is 3.24. The average molecular weight is 282 g/mol. The van der Waals surface area contributed by atoms with Gasteiger partial charge in [0.05, 0.1) is 6.42 Å². The molecule has 5 heteroatoms. The number of likely N-dealkylation sites (tertiary alicyclic amines) is 1. The van der Waals surface area contributed by atoms with Crippen molar-refractivity contribution in [1.29, 1.82) is 0 Å². The van der Waals surface area contributed by atoms with Gasteiger partial charge in [-0.05, 0) is 31.1 Å². The van der Waals surface area contributed by atoms with Crippen molar-refractivity contribution in [2.24, 2.45) is 5.41 Å². The Kier molecular flexibility index (Phi) is 5.26. The first-order chi connectivity index (χ1) is 9.61. The number of amides is 2. The van der Waals surface area contributed by atoms with Gasteiger partial charge in [0, 0.05) is 19.6 Å². The number of aliphatic carboxylic acids is 1. The van der Waals surface area contributed by atoms with E-state index in [1.165, 1.54) is 19.3 Å². The monoisotopic (exact) mass is 282 g/mol. The van der Waals surface area contributed by atoms with E-state index in [0.29, 0.717) is 6.54 Å². The van der Waals surface area contributed by atoms with Crippen LogP contribution in [0.2, 0.25) is 0 Å². The summed E-state index contributed by atoms with van der Waals surface area (Å²) in [5.41, 5.74) is -0.190. The number of nitrogens with one attached hydrogen (secondary N) is 1. The summed E-state index contributed by atoms with van der Waals surface area (Å²) in [5.74, 6) is -0.759. The van der Waals surface area contributed by atoms with Gasteiger partial charge in [-0.2, -0.15) is 0 Å². The number of carboxylic acids is 1. The van der Waals surface area contributed by atoms with E-state index >= 15 is 0 Å². The SMILES string of the molecule is O=C(O)CC1(CNC(=O)N2CCCCCCC2)CCC1. The van der Waals surface area contributed by atoms with Gasteiger partial charge >= 0.3 is 12.0 Å². The Morgan fingerprint density at radius 3 is 2.10 bits per heavy atom. The minimum absolute atomic E-state index is 0.0106. The van der Waals surface area contributed by atoms with Crippen molar-refractivity contribution in [3.63, 3.8) is 0 Å². The number of hydrogen-bond acceptors (Lipinski definition) is 2. The summed E-state index contributed by atoms with van der Waals surface area (Å²) in [4.78, 5) is 25.0. The van der Waals surface area contributed by atoms with Crippen molar-refractivity contribution < 1.29 is 14.7 Å². The van der Waals surface area contributed by atoms with Crippen LogP contribution in [0.3, 0.4) is 0 Å². The second kappa shape index (κ2) is 6.95. The number of carbonyl (C=O) groups excluding carboxylic acids is 1. The molecule has 0 atom stereocenters. The van der Waals surface area contributed by atoms with Crippen LogP contribution in [0.1, 0.15) is 57.8 Å². The smallest absolute Gasteiger partial charge is 0.317 e. The second-order valence-electron chi connectivity index (χ2n) is 6.34. The first-order valence-electron chi connectivity index (χ1n) is 7.86. The van der Waals surface area contributed by atoms with Crippen molar-refractivity contribution in [2.45, 2.75) is 57.8 Å². The van der Waals surface area contributed by atoms with Gasteiger partial charge in [-0.3, -0.25) is 4.79 Å². The van der Waals surface area contributed by atoms with E-state index in [2.05, 4.69) is 5.32 Å². The lowest BCUT2D eigenvalue weighted by molar-refractivity contribution is -0.141. The van der Waals surface area contributed by atoms with E-state index in [1.807, 2.05) is 4.90 Å². The van der Waals surface area contributed by atoms with Gasteiger partial charge in [-0.25, -0.2) is 4.79 Å². The zero-order valence-electron chi connectivity index (χ0n) is 12.2. The van der Waals surface area contributed by atoms with Crippen LogP contribution in [0.25, 0.3) is 0 Å². The minimum atomic E-state index is -0.759. The summed E-state index contributed by atoms with van der Waals surface area (Å²) in [5, 5.41) is 11.9. The molecule has 2 rings (SSSR count). The molecule has 2 fully saturated rings. The van der Waals surface area contributed by atoms with Crippen molar-refractivity contribution in [2.75, 3.05) is 19.6 Å². The van der Waals surface area contributed by atoms with E-state index in [9.17, 15) is 9.59 Å². The van der Waals surface area contributed by atoms with E-state index in [0.717, 1.165) is 45.2 Å². The quantitative estimate of drug-likeness (QED) is 0.832. The molecule has 1 heterocycles. The molecule has 0 spiro atoms. The molecule has 1 saturated carbocycles. The van der Waals surface area contributed by atoms with Gasteiger partial charge in [0.25, 0.3) is 0 Å². The molecule has 2 N–H and O–H groups in total. The first kappa shape index (κ1) is 15.1. The Balaban J connectivity index is 1.79. The van der Waals surface area contributed by atoms with Crippen LogP contribution >= 0.6 is 0 Å². The number of carboxylic acid groups (broad SMARTS) is 1. The van der Waals surface area contributed by atoms with Crippen LogP contribution in [-0.2, 0) is 4.79 Å². The molecule has 2 amide bonds. The highest BCUT2D eigenvalue weighted by molar-refractivity contribution is 5.74. The number of carbonyl (C=O) groups is 2. The predicted molar refractivity (Wildman–Crippen MR) is 76.6 cm³/mol. The van der Waals surface area contributed by atoms with Crippen LogP contribution in [0.5, 0.6) is 0 Å². The van der Waals surface area contributed by atoms with E-state index in [4.69, 9.17) is 5.11 Å². The Morgan fingerprint density at radius 1 is 1.00 bits per heavy atom. The highest BCUT2D eigenvalue weighted by atomic mass is 16.4. The molecule has 0 radical (unpaired) electrons. The summed E-state index contributed by atoms with van der Waals surface area (Å²) in [6.45, 7) is 2.17. The molecule has 0 unspecified atom stereocenters. The third-order valence-electron chi connectivity index (χ3n) is 4.70. The zero-order valence-corrected chi connectivity index (χ0v) is 12.2. The lowest BCUT2D eigenvalue weighted by atomic mass is 9.66. The van der Waals surface area contributed by atoms with Gasteiger partial charge in [0.15, 0.2) is 0 Å². The molecular weight excluding hydrogens is 256 g/mol. The van der Waals surface area contributed by atoms with Gasteiger partial charge in [0.1, 0.15) is 0 Å². The Labute approximate surface area is 120 Å². The number of urea groups is 1. The summed E-state index contributed by atoms with van der Waals surface area (Å²) in [6.07, 6.45) is 8.91. The molecule has 1 aliphatic heterocycles. The van der Waals surface area contributed by atoms with Gasteiger partial charge < -0.3 is 15.3 Å². The maximum atomic E-state index is 12.2. The van der Waals surface area contributed by atoms with Crippen LogP contribution in [-0.4, -0.2) is 41.6 Å². The van der Waals surface area contributed by atoms with E-state index in [1.54, 1.807) is 0 Å². The maximum absolute atomic E-state index is 12.2. The summed E-state index contributed by atoms with van der Waals surface area (Å²) < 4.78 is 0. The number of nitrogens with zero attached hydrogens (tertiary/aromatic N) is 1. The molecule has 1 aliphatic carbocycles. The average Bonchev–Trinajstić information content (AvgIpc) is 2.31. The van der Waals surface area contributed by atoms with Crippen LogP contribution < -0.4 is 5.32 Å². The third kappa shape index (κ3) is 4.12. The highest BCUT2D eigenvalue weighted by Crippen LogP contribution is 2.43. The predicted octanol–water partition coefficient (Wildman–Crippen LogP) is 2.61. The Hall–Kier alpha value is -1.26. The lowest BCUT2D eigenvalue weighted by Gasteiger charge is -2.41. The second-order valence-corrected chi connectivity index (χ2v) is 6.34. The molecule has 5 nitrogen and oxygen atoms in total. The third-order valence-corrected chi connectivity index (χ3v) is 4.70. The molecule has 0 aromatic rings. The molecule has 2 aliphatic rings. The fourth-order valence-electron chi connectivity index (χ4n) is 3.24.